The van der Waals surface area contributed by atoms with E-state index in [1.54, 1.807) is 16.8 Å². The Balaban J connectivity index is 1.89. The molecule has 0 saturated heterocycles. The first-order valence-electron chi connectivity index (χ1n) is 5.87. The van der Waals surface area contributed by atoms with E-state index in [2.05, 4.69) is 29.2 Å². The number of benzene rings is 2. The van der Waals surface area contributed by atoms with Crippen LogP contribution >= 0.6 is 11.3 Å². The zero-order chi connectivity index (χ0) is 12.4. The third kappa shape index (κ3) is 2.28. The minimum Gasteiger partial charge on any atom is -0.388 e. The summed E-state index contributed by atoms with van der Waals surface area (Å²) in [6, 6.07) is 14.3. The van der Waals surface area contributed by atoms with E-state index in [0.29, 0.717) is 6.42 Å². The Morgan fingerprint density at radius 1 is 1.11 bits per heavy atom. The Labute approximate surface area is 110 Å². The van der Waals surface area contributed by atoms with Gasteiger partial charge >= 0.3 is 0 Å². The summed E-state index contributed by atoms with van der Waals surface area (Å²) in [4.78, 5) is 5.13. The van der Waals surface area contributed by atoms with Crippen LogP contribution in [-0.4, -0.2) is 10.1 Å². The molecule has 0 aliphatic heterocycles. The highest BCUT2D eigenvalue weighted by Crippen LogP contribution is 2.24. The van der Waals surface area contributed by atoms with Crippen LogP contribution in [0.3, 0.4) is 0 Å². The number of hydrogen-bond acceptors (Lipinski definition) is 3. The van der Waals surface area contributed by atoms with Gasteiger partial charge in [-0.05, 0) is 22.4 Å². The van der Waals surface area contributed by atoms with E-state index in [1.807, 2.05) is 24.4 Å². The Morgan fingerprint density at radius 3 is 2.72 bits per heavy atom. The van der Waals surface area contributed by atoms with E-state index >= 15 is 0 Å². The maximum absolute atomic E-state index is 10.2. The van der Waals surface area contributed by atoms with Gasteiger partial charge in [-0.1, -0.05) is 36.4 Å². The Kier molecular flexibility index (Phi) is 3.09. The van der Waals surface area contributed by atoms with Gasteiger partial charge in [0.05, 0.1) is 11.6 Å². The van der Waals surface area contributed by atoms with Crippen molar-refractivity contribution >= 4 is 22.1 Å². The number of nitrogens with zero attached hydrogens (tertiary/aromatic N) is 1. The molecule has 2 aromatic carbocycles. The summed E-state index contributed by atoms with van der Waals surface area (Å²) in [6.07, 6.45) is 1.98. The zero-order valence-corrected chi connectivity index (χ0v) is 10.6. The predicted molar refractivity (Wildman–Crippen MR) is 74.7 cm³/mol. The number of fused-ring (bicyclic) bond motifs is 1. The minimum absolute atomic E-state index is 0.463. The van der Waals surface area contributed by atoms with Gasteiger partial charge in [-0.15, -0.1) is 11.3 Å². The second kappa shape index (κ2) is 4.88. The molecule has 0 spiro atoms. The standard InChI is InChI=1S/C15H13NOS/c17-15(8-14-9-16-10-18-14)13-6-5-11-3-1-2-4-12(11)7-13/h1-7,9-10,15,17H,8H2. The largest absolute Gasteiger partial charge is 0.388 e. The van der Waals surface area contributed by atoms with Crippen LogP contribution in [0.5, 0.6) is 0 Å². The van der Waals surface area contributed by atoms with E-state index in [1.165, 1.54) is 10.8 Å². The molecule has 0 radical (unpaired) electrons. The summed E-state index contributed by atoms with van der Waals surface area (Å²) in [5, 5.41) is 12.6. The molecule has 0 fully saturated rings. The Morgan fingerprint density at radius 2 is 1.94 bits per heavy atom. The summed E-state index contributed by atoms with van der Waals surface area (Å²) >= 11 is 1.58. The minimum atomic E-state index is -0.463. The van der Waals surface area contributed by atoms with Crippen LogP contribution in [0.25, 0.3) is 10.8 Å². The summed E-state index contributed by atoms with van der Waals surface area (Å²) in [5.41, 5.74) is 2.75. The molecule has 1 N–H and O–H groups in total. The molecule has 1 atom stereocenters. The van der Waals surface area contributed by atoms with Crippen LogP contribution in [0.4, 0.5) is 0 Å². The molecule has 1 unspecified atom stereocenters. The van der Waals surface area contributed by atoms with Gasteiger partial charge in [-0.3, -0.25) is 4.98 Å². The number of rotatable bonds is 3. The van der Waals surface area contributed by atoms with Crippen LogP contribution in [0.2, 0.25) is 0 Å². The molecule has 0 amide bonds. The van der Waals surface area contributed by atoms with Gasteiger partial charge in [0.1, 0.15) is 0 Å². The normalized spacial score (nSPS) is 12.7. The highest BCUT2D eigenvalue weighted by Gasteiger charge is 2.10. The molecular weight excluding hydrogens is 242 g/mol. The fourth-order valence-electron chi connectivity index (χ4n) is 2.07. The first kappa shape index (κ1) is 11.4. The van der Waals surface area contributed by atoms with Crippen molar-refractivity contribution < 1.29 is 5.11 Å². The van der Waals surface area contributed by atoms with Crippen molar-refractivity contribution in [3.05, 3.63) is 64.6 Å². The maximum atomic E-state index is 10.2. The lowest BCUT2D eigenvalue weighted by atomic mass is 10.0. The number of aliphatic hydroxyl groups is 1. The molecular formula is C15H13NOS. The number of thiazole rings is 1. The van der Waals surface area contributed by atoms with Gasteiger partial charge in [-0.25, -0.2) is 0 Å². The molecule has 1 aromatic heterocycles. The Hall–Kier alpha value is -1.71. The second-order valence-corrected chi connectivity index (χ2v) is 5.27. The zero-order valence-electron chi connectivity index (χ0n) is 9.78. The fourth-order valence-corrected chi connectivity index (χ4v) is 2.70. The quantitative estimate of drug-likeness (QED) is 0.776. The lowest BCUT2D eigenvalue weighted by Gasteiger charge is -2.10. The lowest BCUT2D eigenvalue weighted by Crippen LogP contribution is -2.00. The maximum Gasteiger partial charge on any atom is 0.0839 e. The van der Waals surface area contributed by atoms with Crippen LogP contribution < -0.4 is 0 Å². The summed E-state index contributed by atoms with van der Waals surface area (Å²) in [7, 11) is 0. The molecule has 3 heteroatoms. The van der Waals surface area contributed by atoms with Gasteiger partial charge in [0, 0.05) is 17.5 Å². The lowest BCUT2D eigenvalue weighted by molar-refractivity contribution is 0.179. The van der Waals surface area contributed by atoms with Gasteiger partial charge in [0.2, 0.25) is 0 Å². The first-order chi connectivity index (χ1) is 8.83. The van der Waals surface area contributed by atoms with E-state index < -0.39 is 6.10 Å². The van der Waals surface area contributed by atoms with Crippen LogP contribution in [0, 0.1) is 0 Å². The smallest absolute Gasteiger partial charge is 0.0839 e. The topological polar surface area (TPSA) is 33.1 Å². The predicted octanol–water partition coefficient (Wildman–Crippen LogP) is 3.57. The van der Waals surface area contributed by atoms with Gasteiger partial charge in [-0.2, -0.15) is 0 Å². The van der Waals surface area contributed by atoms with Crippen molar-refractivity contribution in [2.75, 3.05) is 0 Å². The monoisotopic (exact) mass is 255 g/mol. The molecule has 3 rings (SSSR count). The van der Waals surface area contributed by atoms with E-state index in [-0.39, 0.29) is 0 Å². The fraction of sp³-hybridized carbons (Fsp3) is 0.133. The van der Waals surface area contributed by atoms with Gasteiger partial charge in [0.15, 0.2) is 0 Å². The van der Waals surface area contributed by atoms with Crippen LogP contribution in [0.1, 0.15) is 16.5 Å². The average Bonchev–Trinajstić information content (AvgIpc) is 2.91. The third-order valence-electron chi connectivity index (χ3n) is 3.04. The second-order valence-electron chi connectivity index (χ2n) is 4.29. The van der Waals surface area contributed by atoms with Crippen LogP contribution in [-0.2, 0) is 6.42 Å². The molecule has 3 aromatic rings. The molecule has 0 bridgehead atoms. The summed E-state index contributed by atoms with van der Waals surface area (Å²) in [6.45, 7) is 0. The van der Waals surface area contributed by atoms with E-state index in [0.717, 1.165) is 10.4 Å². The molecule has 0 aliphatic carbocycles. The van der Waals surface area contributed by atoms with Crippen LogP contribution in [0.15, 0.2) is 54.2 Å². The number of aliphatic hydroxyl groups excluding tert-OH is 1. The number of aromatic nitrogens is 1. The molecule has 0 saturated carbocycles. The molecule has 0 aliphatic rings. The van der Waals surface area contributed by atoms with Gasteiger partial charge in [0.25, 0.3) is 0 Å². The van der Waals surface area contributed by atoms with Crippen molar-refractivity contribution in [3.63, 3.8) is 0 Å². The van der Waals surface area contributed by atoms with E-state index in [4.69, 9.17) is 0 Å². The summed E-state index contributed by atoms with van der Waals surface area (Å²) < 4.78 is 0. The molecule has 2 nitrogen and oxygen atoms in total. The molecule has 18 heavy (non-hydrogen) atoms. The van der Waals surface area contributed by atoms with Gasteiger partial charge < -0.3 is 5.11 Å². The summed E-state index contributed by atoms with van der Waals surface area (Å²) in [5.74, 6) is 0. The highest BCUT2D eigenvalue weighted by molar-refractivity contribution is 7.09. The SMILES string of the molecule is OC(Cc1cncs1)c1ccc2ccccc2c1. The molecule has 1 heterocycles. The number of hydrogen-bond donors (Lipinski definition) is 1. The Bertz CT molecular complexity index is 648. The van der Waals surface area contributed by atoms with Crippen molar-refractivity contribution in [2.24, 2.45) is 0 Å². The van der Waals surface area contributed by atoms with Crippen molar-refractivity contribution in [1.82, 2.24) is 4.98 Å². The van der Waals surface area contributed by atoms with Crippen molar-refractivity contribution in [1.29, 1.82) is 0 Å². The average molecular weight is 255 g/mol. The van der Waals surface area contributed by atoms with Crippen molar-refractivity contribution in [3.8, 4) is 0 Å². The highest BCUT2D eigenvalue weighted by atomic mass is 32.1. The van der Waals surface area contributed by atoms with E-state index in [9.17, 15) is 5.11 Å². The first-order valence-corrected chi connectivity index (χ1v) is 6.75. The molecule has 90 valence electrons. The third-order valence-corrected chi connectivity index (χ3v) is 3.84. The van der Waals surface area contributed by atoms with Crippen molar-refractivity contribution in [2.45, 2.75) is 12.5 Å².